The third-order valence-electron chi connectivity index (χ3n) is 3.02. The van der Waals surface area contributed by atoms with Crippen molar-refractivity contribution in [2.24, 2.45) is 0 Å². The molecule has 2 heterocycles. The van der Waals surface area contributed by atoms with Gasteiger partial charge in [0.25, 0.3) is 0 Å². The maximum atomic E-state index is 13.4. The maximum Gasteiger partial charge on any atom is 0.350 e. The molecule has 6 heteroatoms. The SMILES string of the molecule is Cc1cccn2c(S(=O)(=O)F)c(C3CC3)nc12. The number of hydrogen-bond donors (Lipinski definition) is 0. The summed E-state index contributed by atoms with van der Waals surface area (Å²) in [5.74, 6) is 0.0924. The van der Waals surface area contributed by atoms with Crippen LogP contribution in [0.1, 0.15) is 30.0 Å². The average molecular weight is 254 g/mol. The van der Waals surface area contributed by atoms with E-state index in [2.05, 4.69) is 4.98 Å². The standard InChI is InChI=1S/C11H11FN2O2S/c1-7-3-2-6-14-10(7)13-9(8-4-5-8)11(14)17(12,15)16/h2-3,6,8H,4-5H2,1H3. The molecule has 0 amide bonds. The lowest BCUT2D eigenvalue weighted by molar-refractivity contribution is 0.544. The van der Waals surface area contributed by atoms with Crippen molar-refractivity contribution >= 4 is 15.9 Å². The molecule has 1 saturated carbocycles. The van der Waals surface area contributed by atoms with Gasteiger partial charge in [0.2, 0.25) is 0 Å². The van der Waals surface area contributed by atoms with Crippen molar-refractivity contribution in [1.82, 2.24) is 9.38 Å². The molecule has 2 aromatic rings. The highest BCUT2D eigenvalue weighted by molar-refractivity contribution is 7.86. The van der Waals surface area contributed by atoms with E-state index in [4.69, 9.17) is 0 Å². The summed E-state index contributed by atoms with van der Waals surface area (Å²) in [4.78, 5) is 4.28. The molecule has 1 aliphatic rings. The first kappa shape index (κ1) is 10.7. The summed E-state index contributed by atoms with van der Waals surface area (Å²) < 4.78 is 37.2. The van der Waals surface area contributed by atoms with Gasteiger partial charge in [-0.15, -0.1) is 0 Å². The van der Waals surface area contributed by atoms with Gasteiger partial charge < -0.3 is 0 Å². The summed E-state index contributed by atoms with van der Waals surface area (Å²) in [5.41, 5.74) is 1.73. The van der Waals surface area contributed by atoms with Crippen molar-refractivity contribution in [3.05, 3.63) is 29.6 Å². The van der Waals surface area contributed by atoms with Gasteiger partial charge >= 0.3 is 10.2 Å². The molecule has 0 spiro atoms. The lowest BCUT2D eigenvalue weighted by Crippen LogP contribution is -2.01. The molecule has 0 radical (unpaired) electrons. The van der Waals surface area contributed by atoms with Crippen molar-refractivity contribution < 1.29 is 12.3 Å². The number of rotatable bonds is 2. The topological polar surface area (TPSA) is 51.4 Å². The Balaban J connectivity index is 2.43. The number of hydrogen-bond acceptors (Lipinski definition) is 3. The zero-order valence-electron chi connectivity index (χ0n) is 9.22. The molecule has 1 aliphatic carbocycles. The number of nitrogens with zero attached hydrogens (tertiary/aromatic N) is 2. The van der Waals surface area contributed by atoms with Gasteiger partial charge in [-0.1, -0.05) is 9.95 Å². The normalized spacial score (nSPS) is 16.6. The van der Waals surface area contributed by atoms with E-state index in [1.54, 1.807) is 6.07 Å². The molecule has 0 aromatic carbocycles. The molecule has 17 heavy (non-hydrogen) atoms. The van der Waals surface area contributed by atoms with Crippen LogP contribution in [0.25, 0.3) is 5.65 Å². The molecular weight excluding hydrogens is 243 g/mol. The first-order chi connectivity index (χ1) is 7.98. The molecule has 0 aliphatic heterocycles. The number of aromatic nitrogens is 2. The molecule has 1 fully saturated rings. The first-order valence-corrected chi connectivity index (χ1v) is 6.79. The van der Waals surface area contributed by atoms with Crippen molar-refractivity contribution in [3.63, 3.8) is 0 Å². The summed E-state index contributed by atoms with van der Waals surface area (Å²) in [6.45, 7) is 1.83. The molecule has 90 valence electrons. The van der Waals surface area contributed by atoms with Crippen LogP contribution < -0.4 is 0 Å². The highest BCUT2D eigenvalue weighted by Gasteiger charge is 2.35. The monoisotopic (exact) mass is 254 g/mol. The summed E-state index contributed by atoms with van der Waals surface area (Å²) in [6.07, 6.45) is 3.30. The van der Waals surface area contributed by atoms with Gasteiger partial charge in [-0.05, 0) is 31.4 Å². The van der Waals surface area contributed by atoms with Gasteiger partial charge in [-0.3, -0.25) is 4.40 Å². The Labute approximate surface area is 98.3 Å². The number of pyridine rings is 1. The summed E-state index contributed by atoms with van der Waals surface area (Å²) >= 11 is 0. The summed E-state index contributed by atoms with van der Waals surface area (Å²) in [5, 5.41) is -0.293. The molecule has 2 aromatic heterocycles. The molecule has 3 rings (SSSR count). The predicted molar refractivity (Wildman–Crippen MR) is 60.2 cm³/mol. The van der Waals surface area contributed by atoms with Crippen LogP contribution in [0.15, 0.2) is 23.4 Å². The molecule has 0 N–H and O–H groups in total. The van der Waals surface area contributed by atoms with E-state index in [0.717, 1.165) is 18.4 Å². The van der Waals surface area contributed by atoms with E-state index in [1.807, 2.05) is 13.0 Å². The molecule has 0 saturated heterocycles. The predicted octanol–water partition coefficient (Wildman–Crippen LogP) is 2.18. The fourth-order valence-corrected chi connectivity index (χ4v) is 2.91. The number of imidazole rings is 1. The van der Waals surface area contributed by atoms with E-state index in [-0.39, 0.29) is 10.9 Å². The second kappa shape index (κ2) is 3.29. The van der Waals surface area contributed by atoms with Gasteiger partial charge in [0.1, 0.15) is 5.65 Å². The van der Waals surface area contributed by atoms with Crippen LogP contribution in [0.4, 0.5) is 3.89 Å². The largest absolute Gasteiger partial charge is 0.350 e. The summed E-state index contributed by atoms with van der Waals surface area (Å²) in [7, 11) is -4.74. The Kier molecular flexibility index (Phi) is 2.07. The van der Waals surface area contributed by atoms with Crippen LogP contribution in [-0.2, 0) is 10.2 Å². The Morgan fingerprint density at radius 1 is 1.47 bits per heavy atom. The van der Waals surface area contributed by atoms with E-state index in [0.29, 0.717) is 11.3 Å². The smallest absolute Gasteiger partial charge is 0.288 e. The Morgan fingerprint density at radius 2 is 2.18 bits per heavy atom. The molecule has 4 nitrogen and oxygen atoms in total. The van der Waals surface area contributed by atoms with Gasteiger partial charge in [-0.2, -0.15) is 8.42 Å². The third-order valence-corrected chi connectivity index (χ3v) is 3.89. The minimum atomic E-state index is -4.74. The Bertz CT molecular complexity index is 702. The average Bonchev–Trinajstić information content (AvgIpc) is 2.97. The second-order valence-electron chi connectivity index (χ2n) is 4.40. The molecule has 0 atom stereocenters. The molecule has 0 bridgehead atoms. The van der Waals surface area contributed by atoms with Gasteiger partial charge in [0.15, 0.2) is 5.03 Å². The number of halogens is 1. The van der Waals surface area contributed by atoms with E-state index >= 15 is 0 Å². The van der Waals surface area contributed by atoms with Gasteiger partial charge in [0, 0.05) is 12.1 Å². The van der Waals surface area contributed by atoms with Crippen LogP contribution in [0.3, 0.4) is 0 Å². The van der Waals surface area contributed by atoms with Gasteiger partial charge in [0.05, 0.1) is 5.69 Å². The zero-order chi connectivity index (χ0) is 12.2. The van der Waals surface area contributed by atoms with E-state index in [9.17, 15) is 12.3 Å². The maximum absolute atomic E-state index is 13.4. The highest BCUT2D eigenvalue weighted by Crippen LogP contribution is 2.43. The highest BCUT2D eigenvalue weighted by atomic mass is 32.3. The first-order valence-electron chi connectivity index (χ1n) is 5.40. The van der Waals surface area contributed by atoms with Crippen molar-refractivity contribution in [2.45, 2.75) is 30.7 Å². The van der Waals surface area contributed by atoms with Crippen molar-refractivity contribution in [2.75, 3.05) is 0 Å². The van der Waals surface area contributed by atoms with Crippen LogP contribution in [0.5, 0.6) is 0 Å². The molecular formula is C11H11FN2O2S. The van der Waals surface area contributed by atoms with Crippen LogP contribution >= 0.6 is 0 Å². The van der Waals surface area contributed by atoms with Gasteiger partial charge in [-0.25, -0.2) is 4.98 Å². The van der Waals surface area contributed by atoms with Crippen LogP contribution in [0, 0.1) is 6.92 Å². The third kappa shape index (κ3) is 1.63. The fourth-order valence-electron chi connectivity index (χ4n) is 2.06. The lowest BCUT2D eigenvalue weighted by Gasteiger charge is -1.99. The van der Waals surface area contributed by atoms with E-state index in [1.165, 1.54) is 10.6 Å². The second-order valence-corrected chi connectivity index (χ2v) is 5.66. The fraction of sp³-hybridized carbons (Fsp3) is 0.364. The van der Waals surface area contributed by atoms with Crippen molar-refractivity contribution in [3.8, 4) is 0 Å². The Morgan fingerprint density at radius 3 is 2.76 bits per heavy atom. The van der Waals surface area contributed by atoms with Crippen molar-refractivity contribution in [1.29, 1.82) is 0 Å². The number of fused-ring (bicyclic) bond motifs is 1. The van der Waals surface area contributed by atoms with Crippen LogP contribution in [-0.4, -0.2) is 17.8 Å². The lowest BCUT2D eigenvalue weighted by atomic mass is 10.3. The minimum Gasteiger partial charge on any atom is -0.288 e. The summed E-state index contributed by atoms with van der Waals surface area (Å²) in [6, 6.07) is 3.52. The van der Waals surface area contributed by atoms with E-state index < -0.39 is 10.2 Å². The number of aryl methyl sites for hydroxylation is 1. The molecule has 0 unspecified atom stereocenters. The zero-order valence-corrected chi connectivity index (χ0v) is 10.0. The van der Waals surface area contributed by atoms with Crippen LogP contribution in [0.2, 0.25) is 0 Å². The minimum absolute atomic E-state index is 0.0924. The Hall–Kier alpha value is -1.43. The quantitative estimate of drug-likeness (QED) is 0.772.